The summed E-state index contributed by atoms with van der Waals surface area (Å²) < 4.78 is 10.9. The molecule has 1 saturated carbocycles. The highest BCUT2D eigenvalue weighted by Crippen LogP contribution is 2.46. The smallest absolute Gasteiger partial charge is 0.336 e. The number of hydrogen-bond donors (Lipinski definition) is 0. The SMILES string of the molecule is COC(=O)C1=C(C)N=C2C[C@@H](c3ccc(C)cc3)CC(=O)C2[C@@H]1c1ccc(C)o1. The van der Waals surface area contributed by atoms with Crippen molar-refractivity contribution >= 4 is 17.5 Å². The van der Waals surface area contributed by atoms with Crippen LogP contribution in [0, 0.1) is 19.8 Å². The lowest BCUT2D eigenvalue weighted by molar-refractivity contribution is -0.136. The van der Waals surface area contributed by atoms with Crippen molar-refractivity contribution in [3.05, 3.63) is 70.3 Å². The lowest BCUT2D eigenvalue weighted by Crippen LogP contribution is -2.41. The number of hydrogen-bond acceptors (Lipinski definition) is 5. The maximum absolute atomic E-state index is 13.3. The first-order valence-corrected chi connectivity index (χ1v) is 9.91. The molecule has 0 amide bonds. The van der Waals surface area contributed by atoms with Crippen molar-refractivity contribution in [1.29, 1.82) is 0 Å². The summed E-state index contributed by atoms with van der Waals surface area (Å²) in [7, 11) is 1.35. The van der Waals surface area contributed by atoms with E-state index in [-0.39, 0.29) is 11.7 Å². The molecule has 3 atom stereocenters. The van der Waals surface area contributed by atoms with Gasteiger partial charge in [0.25, 0.3) is 0 Å². The first-order chi connectivity index (χ1) is 13.9. The van der Waals surface area contributed by atoms with Gasteiger partial charge in [0.05, 0.1) is 24.5 Å². The molecule has 0 N–H and O–H groups in total. The van der Waals surface area contributed by atoms with Gasteiger partial charge in [0.15, 0.2) is 0 Å². The number of carbonyl (C=O) groups is 2. The Bertz CT molecular complexity index is 1030. The van der Waals surface area contributed by atoms with E-state index in [9.17, 15) is 9.59 Å². The highest BCUT2D eigenvalue weighted by molar-refractivity contribution is 6.12. The summed E-state index contributed by atoms with van der Waals surface area (Å²) in [5.41, 5.74) is 4.18. The van der Waals surface area contributed by atoms with Gasteiger partial charge in [-0.05, 0) is 50.8 Å². The van der Waals surface area contributed by atoms with Gasteiger partial charge >= 0.3 is 5.97 Å². The highest BCUT2D eigenvalue weighted by Gasteiger charge is 2.47. The Labute approximate surface area is 170 Å². The third-order valence-electron chi connectivity index (χ3n) is 5.98. The third-order valence-corrected chi connectivity index (χ3v) is 5.98. The van der Waals surface area contributed by atoms with Gasteiger partial charge in [-0.15, -0.1) is 0 Å². The van der Waals surface area contributed by atoms with Crippen LogP contribution in [0.5, 0.6) is 0 Å². The molecule has 0 radical (unpaired) electrons. The Morgan fingerprint density at radius 2 is 1.76 bits per heavy atom. The second-order valence-corrected chi connectivity index (χ2v) is 7.98. The predicted molar refractivity (Wildman–Crippen MR) is 110 cm³/mol. The molecule has 0 saturated heterocycles. The summed E-state index contributed by atoms with van der Waals surface area (Å²) in [5.74, 6) is 0.111. The predicted octanol–water partition coefficient (Wildman–Crippen LogP) is 4.64. The molecule has 150 valence electrons. The first kappa shape index (κ1) is 19.4. The van der Waals surface area contributed by atoms with Crippen molar-refractivity contribution in [3.8, 4) is 0 Å². The molecule has 0 spiro atoms. The third kappa shape index (κ3) is 3.46. The summed E-state index contributed by atoms with van der Waals surface area (Å²) in [4.78, 5) is 30.6. The molecule has 5 nitrogen and oxygen atoms in total. The fourth-order valence-corrected chi connectivity index (χ4v) is 4.55. The number of ketones is 1. The minimum Gasteiger partial charge on any atom is -0.466 e. The lowest BCUT2D eigenvalue weighted by Gasteiger charge is -2.37. The van der Waals surface area contributed by atoms with E-state index in [0.29, 0.717) is 29.9 Å². The van der Waals surface area contributed by atoms with Gasteiger partial charge in [0, 0.05) is 17.8 Å². The Morgan fingerprint density at radius 1 is 1.03 bits per heavy atom. The molecular weight excluding hydrogens is 366 g/mol. The number of rotatable bonds is 3. The van der Waals surface area contributed by atoms with Gasteiger partial charge in [-0.3, -0.25) is 9.79 Å². The Morgan fingerprint density at radius 3 is 2.38 bits per heavy atom. The Hall–Kier alpha value is -2.95. The Balaban J connectivity index is 1.77. The molecule has 4 rings (SSSR count). The number of aryl methyl sites for hydroxylation is 2. The van der Waals surface area contributed by atoms with Crippen molar-refractivity contribution in [2.45, 2.75) is 45.4 Å². The van der Waals surface area contributed by atoms with Crippen LogP contribution < -0.4 is 0 Å². The number of aliphatic imine (C=N–C) groups is 1. The summed E-state index contributed by atoms with van der Waals surface area (Å²) in [6, 6.07) is 12.0. The molecule has 5 heteroatoms. The van der Waals surface area contributed by atoms with Gasteiger partial charge in [0.1, 0.15) is 17.3 Å². The zero-order valence-electron chi connectivity index (χ0n) is 17.2. The molecule has 1 fully saturated rings. The van der Waals surface area contributed by atoms with E-state index in [1.807, 2.05) is 19.1 Å². The van der Waals surface area contributed by atoms with Crippen molar-refractivity contribution in [1.82, 2.24) is 0 Å². The van der Waals surface area contributed by atoms with E-state index in [1.165, 1.54) is 12.7 Å². The van der Waals surface area contributed by atoms with E-state index >= 15 is 0 Å². The summed E-state index contributed by atoms with van der Waals surface area (Å²) in [6.07, 6.45) is 1.12. The molecule has 1 aromatic heterocycles. The fourth-order valence-electron chi connectivity index (χ4n) is 4.55. The molecule has 1 aliphatic heterocycles. The Kier molecular flexibility index (Phi) is 4.99. The number of methoxy groups -OCH3 is 1. The molecule has 1 aliphatic carbocycles. The standard InChI is InChI=1S/C24H25NO4/c1-13-5-8-16(9-6-13)17-11-18-22(19(26)12-17)23(20-10-7-14(2)29-20)21(15(3)25-18)24(27)28-4/h5-10,17,22-23H,11-12H2,1-4H3/t17-,22?,23-/m1/s1. The molecule has 0 bridgehead atoms. The van der Waals surface area contributed by atoms with Crippen LogP contribution in [-0.4, -0.2) is 24.6 Å². The van der Waals surface area contributed by atoms with Crippen LogP contribution >= 0.6 is 0 Å². The molecular formula is C24H25NO4. The summed E-state index contributed by atoms with van der Waals surface area (Å²) >= 11 is 0. The molecule has 1 unspecified atom stereocenters. The second-order valence-electron chi connectivity index (χ2n) is 7.98. The minimum atomic E-state index is -0.491. The van der Waals surface area contributed by atoms with Crippen molar-refractivity contribution in [2.24, 2.45) is 10.9 Å². The number of allylic oxidation sites excluding steroid dienone is 1. The van der Waals surface area contributed by atoms with Crippen molar-refractivity contribution < 1.29 is 18.7 Å². The quantitative estimate of drug-likeness (QED) is 0.715. The fraction of sp³-hybridized carbons (Fsp3) is 0.375. The molecule has 2 aliphatic rings. The van der Waals surface area contributed by atoms with Gasteiger partial charge in [-0.25, -0.2) is 4.79 Å². The zero-order valence-corrected chi connectivity index (χ0v) is 17.2. The lowest BCUT2D eigenvalue weighted by atomic mass is 9.67. The summed E-state index contributed by atoms with van der Waals surface area (Å²) in [6.45, 7) is 5.71. The van der Waals surface area contributed by atoms with Crippen molar-refractivity contribution in [3.63, 3.8) is 0 Å². The van der Waals surface area contributed by atoms with Crippen LogP contribution in [0.3, 0.4) is 0 Å². The number of Topliss-reactive ketones (excluding diaryl/α,β-unsaturated/α-hetero) is 1. The largest absolute Gasteiger partial charge is 0.466 e. The number of nitrogens with zero attached hydrogens (tertiary/aromatic N) is 1. The van der Waals surface area contributed by atoms with Crippen LogP contribution in [0.25, 0.3) is 0 Å². The van der Waals surface area contributed by atoms with E-state index in [0.717, 1.165) is 17.0 Å². The average Bonchev–Trinajstić information content (AvgIpc) is 3.12. The van der Waals surface area contributed by atoms with Gasteiger partial charge in [-0.1, -0.05) is 29.8 Å². The number of benzene rings is 1. The van der Waals surface area contributed by atoms with Crippen molar-refractivity contribution in [2.75, 3.05) is 7.11 Å². The molecule has 1 aromatic carbocycles. The number of ether oxygens (including phenoxy) is 1. The minimum absolute atomic E-state index is 0.0912. The van der Waals surface area contributed by atoms with Crippen LogP contribution in [0.1, 0.15) is 54.2 Å². The normalized spacial score (nSPS) is 24.2. The number of esters is 1. The van der Waals surface area contributed by atoms with Crippen LogP contribution in [0.4, 0.5) is 0 Å². The van der Waals surface area contributed by atoms with E-state index in [2.05, 4.69) is 31.2 Å². The second kappa shape index (κ2) is 7.47. The highest BCUT2D eigenvalue weighted by atomic mass is 16.5. The van der Waals surface area contributed by atoms with Gasteiger partial charge < -0.3 is 9.15 Å². The summed E-state index contributed by atoms with van der Waals surface area (Å²) in [5, 5.41) is 0. The molecule has 2 aromatic rings. The monoisotopic (exact) mass is 391 g/mol. The molecule has 2 heterocycles. The van der Waals surface area contributed by atoms with Crippen LogP contribution in [-0.2, 0) is 14.3 Å². The zero-order chi connectivity index (χ0) is 20.7. The number of fused-ring (bicyclic) bond motifs is 1. The van der Waals surface area contributed by atoms with Crippen LogP contribution in [0.2, 0.25) is 0 Å². The molecule has 29 heavy (non-hydrogen) atoms. The maximum atomic E-state index is 13.3. The van der Waals surface area contributed by atoms with Crippen LogP contribution in [0.15, 0.2) is 57.1 Å². The van der Waals surface area contributed by atoms with E-state index in [4.69, 9.17) is 14.1 Å². The maximum Gasteiger partial charge on any atom is 0.336 e. The van der Waals surface area contributed by atoms with Gasteiger partial charge in [-0.2, -0.15) is 0 Å². The number of carbonyl (C=O) groups excluding carboxylic acids is 2. The van der Waals surface area contributed by atoms with Gasteiger partial charge in [0.2, 0.25) is 0 Å². The average molecular weight is 391 g/mol. The van der Waals surface area contributed by atoms with E-state index < -0.39 is 17.8 Å². The van der Waals surface area contributed by atoms with E-state index in [1.54, 1.807) is 6.92 Å². The topological polar surface area (TPSA) is 68.9 Å². The first-order valence-electron chi connectivity index (χ1n) is 9.91. The number of furan rings is 1.